The van der Waals surface area contributed by atoms with Crippen molar-refractivity contribution in [1.82, 2.24) is 4.90 Å². The standard InChI is InChI=1S/C20H24N2/c1-3-9-19-17(7-1)11-12-18-8-2-4-10-20(18)22(19)16-15-21-13-5-6-14-21/h1-4,7-10H,5-6,11-16H2. The predicted molar refractivity (Wildman–Crippen MR) is 93.0 cm³/mol. The number of hydrogen-bond acceptors (Lipinski definition) is 2. The number of fused-ring (bicyclic) bond motifs is 2. The van der Waals surface area contributed by atoms with Gasteiger partial charge in [0.15, 0.2) is 0 Å². The summed E-state index contributed by atoms with van der Waals surface area (Å²) < 4.78 is 0. The second-order valence-electron chi connectivity index (χ2n) is 6.46. The highest BCUT2D eigenvalue weighted by atomic mass is 15.2. The Morgan fingerprint density at radius 1 is 0.682 bits per heavy atom. The smallest absolute Gasteiger partial charge is 0.0443 e. The van der Waals surface area contributed by atoms with Crippen LogP contribution >= 0.6 is 0 Å². The second kappa shape index (κ2) is 6.13. The van der Waals surface area contributed by atoms with Crippen molar-refractivity contribution >= 4 is 11.4 Å². The summed E-state index contributed by atoms with van der Waals surface area (Å²) in [6, 6.07) is 17.9. The molecule has 0 unspecified atom stereocenters. The number of hydrogen-bond donors (Lipinski definition) is 0. The summed E-state index contributed by atoms with van der Waals surface area (Å²) in [5.41, 5.74) is 5.79. The first-order chi connectivity index (χ1) is 10.9. The molecule has 2 aromatic carbocycles. The van der Waals surface area contributed by atoms with Gasteiger partial charge in [0.1, 0.15) is 0 Å². The van der Waals surface area contributed by atoms with Crippen molar-refractivity contribution in [3.63, 3.8) is 0 Å². The predicted octanol–water partition coefficient (Wildman–Crippen LogP) is 4.02. The fourth-order valence-corrected chi connectivity index (χ4v) is 3.86. The lowest BCUT2D eigenvalue weighted by Gasteiger charge is -2.29. The van der Waals surface area contributed by atoms with Crippen LogP contribution in [-0.2, 0) is 12.8 Å². The molecule has 0 radical (unpaired) electrons. The van der Waals surface area contributed by atoms with Gasteiger partial charge in [-0.25, -0.2) is 0 Å². The molecule has 2 aliphatic heterocycles. The molecule has 114 valence electrons. The minimum absolute atomic E-state index is 1.09. The number of nitrogens with zero attached hydrogens (tertiary/aromatic N) is 2. The molecule has 2 aliphatic rings. The van der Waals surface area contributed by atoms with Crippen LogP contribution < -0.4 is 4.90 Å². The van der Waals surface area contributed by atoms with Crippen LogP contribution in [-0.4, -0.2) is 31.1 Å². The van der Waals surface area contributed by atoms with Crippen molar-refractivity contribution < 1.29 is 0 Å². The topological polar surface area (TPSA) is 6.48 Å². The molecule has 2 aromatic rings. The molecule has 1 saturated heterocycles. The van der Waals surface area contributed by atoms with Crippen molar-refractivity contribution in [2.75, 3.05) is 31.1 Å². The molecule has 0 bridgehead atoms. The first-order valence-electron chi connectivity index (χ1n) is 8.57. The van der Waals surface area contributed by atoms with Gasteiger partial charge in [0, 0.05) is 24.5 Å². The van der Waals surface area contributed by atoms with Crippen molar-refractivity contribution in [2.24, 2.45) is 0 Å². The third kappa shape index (κ3) is 2.64. The molecule has 1 fully saturated rings. The summed E-state index contributed by atoms with van der Waals surface area (Å²) in [7, 11) is 0. The maximum atomic E-state index is 2.61. The molecule has 4 rings (SSSR count). The van der Waals surface area contributed by atoms with E-state index >= 15 is 0 Å². The molecule has 2 heterocycles. The Kier molecular flexibility index (Phi) is 3.86. The molecule has 0 saturated carbocycles. The van der Waals surface area contributed by atoms with Crippen LogP contribution in [0.3, 0.4) is 0 Å². The van der Waals surface area contributed by atoms with Crippen molar-refractivity contribution in [2.45, 2.75) is 25.7 Å². The fraction of sp³-hybridized carbons (Fsp3) is 0.400. The quantitative estimate of drug-likeness (QED) is 0.843. The molecular weight excluding hydrogens is 268 g/mol. The van der Waals surface area contributed by atoms with E-state index in [1.165, 1.54) is 55.0 Å². The van der Waals surface area contributed by atoms with Crippen molar-refractivity contribution in [1.29, 1.82) is 0 Å². The first-order valence-corrected chi connectivity index (χ1v) is 8.57. The summed E-state index contributed by atoms with van der Waals surface area (Å²) in [4.78, 5) is 5.16. The average molecular weight is 292 g/mol. The highest BCUT2D eigenvalue weighted by molar-refractivity contribution is 5.71. The number of likely N-dealkylation sites (tertiary alicyclic amines) is 1. The number of rotatable bonds is 3. The number of benzene rings is 2. The van der Waals surface area contributed by atoms with E-state index in [1.807, 2.05) is 0 Å². The lowest BCUT2D eigenvalue weighted by Crippen LogP contribution is -2.31. The summed E-state index contributed by atoms with van der Waals surface area (Å²) in [5, 5.41) is 0. The molecule has 0 aromatic heterocycles. The number of para-hydroxylation sites is 2. The largest absolute Gasteiger partial charge is 0.340 e. The second-order valence-corrected chi connectivity index (χ2v) is 6.46. The van der Waals surface area contributed by atoms with Gasteiger partial charge in [0.05, 0.1) is 0 Å². The zero-order valence-corrected chi connectivity index (χ0v) is 13.2. The maximum absolute atomic E-state index is 2.61. The van der Waals surface area contributed by atoms with E-state index in [-0.39, 0.29) is 0 Å². The Bertz CT molecular complexity index is 596. The van der Waals surface area contributed by atoms with Gasteiger partial charge in [-0.1, -0.05) is 36.4 Å². The first kappa shape index (κ1) is 13.8. The Hall–Kier alpha value is -1.80. The lowest BCUT2D eigenvalue weighted by molar-refractivity contribution is 0.348. The van der Waals surface area contributed by atoms with E-state index in [0.717, 1.165) is 19.4 Å². The zero-order chi connectivity index (χ0) is 14.8. The maximum Gasteiger partial charge on any atom is 0.0443 e. The third-order valence-corrected chi connectivity index (χ3v) is 5.07. The summed E-state index contributed by atoms with van der Waals surface area (Å²) in [5.74, 6) is 0. The van der Waals surface area contributed by atoms with Gasteiger partial charge in [-0.3, -0.25) is 0 Å². The van der Waals surface area contributed by atoms with Gasteiger partial charge in [0.25, 0.3) is 0 Å². The summed E-state index contributed by atoms with van der Waals surface area (Å²) in [6.07, 6.45) is 5.03. The third-order valence-electron chi connectivity index (χ3n) is 5.07. The summed E-state index contributed by atoms with van der Waals surface area (Å²) in [6.45, 7) is 4.81. The molecule has 2 nitrogen and oxygen atoms in total. The van der Waals surface area contributed by atoms with Crippen molar-refractivity contribution in [3.05, 3.63) is 59.7 Å². The zero-order valence-electron chi connectivity index (χ0n) is 13.2. The molecule has 0 N–H and O–H groups in total. The van der Waals surface area contributed by atoms with E-state index in [2.05, 4.69) is 58.3 Å². The van der Waals surface area contributed by atoms with Gasteiger partial charge in [-0.05, 0) is 62.0 Å². The van der Waals surface area contributed by atoms with Gasteiger partial charge < -0.3 is 9.80 Å². The van der Waals surface area contributed by atoms with E-state index in [0.29, 0.717) is 0 Å². The average Bonchev–Trinajstić information content (AvgIpc) is 3.03. The normalized spacial score (nSPS) is 17.9. The lowest BCUT2D eigenvalue weighted by atomic mass is 10.0. The van der Waals surface area contributed by atoms with Gasteiger partial charge >= 0.3 is 0 Å². The minimum atomic E-state index is 1.09. The molecule has 0 atom stereocenters. The molecule has 0 amide bonds. The van der Waals surface area contributed by atoms with Crippen LogP contribution in [0.25, 0.3) is 0 Å². The Morgan fingerprint density at radius 2 is 1.23 bits per heavy atom. The van der Waals surface area contributed by atoms with Gasteiger partial charge in [-0.15, -0.1) is 0 Å². The van der Waals surface area contributed by atoms with Crippen LogP contribution in [0, 0.1) is 0 Å². The molecular formula is C20H24N2. The molecule has 0 spiro atoms. The Morgan fingerprint density at radius 3 is 1.82 bits per heavy atom. The van der Waals surface area contributed by atoms with E-state index in [4.69, 9.17) is 0 Å². The van der Waals surface area contributed by atoms with Crippen LogP contribution in [0.5, 0.6) is 0 Å². The monoisotopic (exact) mass is 292 g/mol. The Balaban J connectivity index is 1.67. The SMILES string of the molecule is c1ccc2c(c1)CCc1ccccc1N2CCN1CCCC1. The van der Waals surface area contributed by atoms with Crippen LogP contribution in [0.2, 0.25) is 0 Å². The van der Waals surface area contributed by atoms with E-state index in [9.17, 15) is 0 Å². The fourth-order valence-electron chi connectivity index (χ4n) is 3.86. The van der Waals surface area contributed by atoms with Gasteiger partial charge in [-0.2, -0.15) is 0 Å². The van der Waals surface area contributed by atoms with Crippen LogP contribution in [0.4, 0.5) is 11.4 Å². The molecule has 0 aliphatic carbocycles. The van der Waals surface area contributed by atoms with Gasteiger partial charge in [0.2, 0.25) is 0 Å². The highest BCUT2D eigenvalue weighted by Gasteiger charge is 2.21. The highest BCUT2D eigenvalue weighted by Crippen LogP contribution is 2.35. The van der Waals surface area contributed by atoms with Crippen molar-refractivity contribution in [3.8, 4) is 0 Å². The summed E-state index contributed by atoms with van der Waals surface area (Å²) >= 11 is 0. The van der Waals surface area contributed by atoms with E-state index in [1.54, 1.807) is 0 Å². The number of anilines is 2. The van der Waals surface area contributed by atoms with E-state index < -0.39 is 0 Å². The molecule has 22 heavy (non-hydrogen) atoms. The number of aryl methyl sites for hydroxylation is 2. The Labute approximate surface area is 133 Å². The van der Waals surface area contributed by atoms with Crippen LogP contribution in [0.1, 0.15) is 24.0 Å². The van der Waals surface area contributed by atoms with Crippen LogP contribution in [0.15, 0.2) is 48.5 Å². The minimum Gasteiger partial charge on any atom is -0.340 e. The molecule has 2 heteroatoms.